The highest BCUT2D eigenvalue weighted by atomic mass is 16.5. The Hall–Kier alpha value is -2.10. The molecule has 2 heterocycles. The molecule has 1 unspecified atom stereocenters. The minimum atomic E-state index is -0.155. The van der Waals surface area contributed by atoms with Crippen LogP contribution in [0, 0.1) is 0 Å². The monoisotopic (exact) mass is 270 g/mol. The number of fused-ring (bicyclic) bond motifs is 1. The Labute approximate surface area is 118 Å². The number of carbonyl (C=O) groups excluding carboxylic acids is 1. The molecule has 0 saturated carbocycles. The third-order valence-corrected chi connectivity index (χ3v) is 3.69. The van der Waals surface area contributed by atoms with E-state index < -0.39 is 0 Å². The highest BCUT2D eigenvalue weighted by Crippen LogP contribution is 2.34. The third kappa shape index (κ3) is 2.33. The summed E-state index contributed by atoms with van der Waals surface area (Å²) in [4.78, 5) is 16.8. The normalized spacial score (nSPS) is 16.8. The first-order valence-corrected chi connectivity index (χ1v) is 7.04. The van der Waals surface area contributed by atoms with E-state index in [0.29, 0.717) is 13.0 Å². The standard InChI is InChI=1S/C16H18N2O2/c1-2-8-18-9-7-17-16(18)10-14(19)13-11-20-15-6-4-3-5-12(13)15/h3-7,9,13H,2,8,10-11H2,1H3. The van der Waals surface area contributed by atoms with E-state index in [0.717, 1.165) is 30.1 Å². The molecule has 1 atom stereocenters. The van der Waals surface area contributed by atoms with E-state index in [1.165, 1.54) is 0 Å². The Morgan fingerprint density at radius 1 is 1.45 bits per heavy atom. The first-order chi connectivity index (χ1) is 9.79. The van der Waals surface area contributed by atoms with Gasteiger partial charge >= 0.3 is 0 Å². The molecule has 1 aliphatic rings. The van der Waals surface area contributed by atoms with Crippen molar-refractivity contribution in [1.82, 2.24) is 9.55 Å². The molecule has 0 radical (unpaired) electrons. The Kier molecular flexibility index (Phi) is 3.54. The predicted molar refractivity (Wildman–Crippen MR) is 75.9 cm³/mol. The quantitative estimate of drug-likeness (QED) is 0.838. The molecule has 0 spiro atoms. The van der Waals surface area contributed by atoms with Crippen LogP contribution in [0.3, 0.4) is 0 Å². The number of benzene rings is 1. The fraction of sp³-hybridized carbons (Fsp3) is 0.375. The lowest BCUT2D eigenvalue weighted by atomic mass is 9.95. The minimum absolute atomic E-state index is 0.155. The summed E-state index contributed by atoms with van der Waals surface area (Å²) in [6.45, 7) is 3.47. The Bertz CT molecular complexity index is 618. The van der Waals surface area contributed by atoms with Crippen molar-refractivity contribution in [3.63, 3.8) is 0 Å². The molecule has 2 aromatic rings. The van der Waals surface area contributed by atoms with E-state index in [1.807, 2.05) is 30.5 Å². The number of nitrogens with zero attached hydrogens (tertiary/aromatic N) is 2. The average Bonchev–Trinajstić information content (AvgIpc) is 3.06. The fourth-order valence-corrected chi connectivity index (χ4v) is 2.66. The fourth-order valence-electron chi connectivity index (χ4n) is 2.66. The molecule has 3 rings (SSSR count). The summed E-state index contributed by atoms with van der Waals surface area (Å²) in [6, 6.07) is 7.77. The molecule has 0 N–H and O–H groups in total. The summed E-state index contributed by atoms with van der Waals surface area (Å²) < 4.78 is 7.64. The second-order valence-electron chi connectivity index (χ2n) is 5.08. The van der Waals surface area contributed by atoms with Gasteiger partial charge in [0, 0.05) is 24.5 Å². The van der Waals surface area contributed by atoms with Crippen molar-refractivity contribution in [2.24, 2.45) is 0 Å². The maximum atomic E-state index is 12.5. The largest absolute Gasteiger partial charge is 0.492 e. The van der Waals surface area contributed by atoms with Crippen molar-refractivity contribution in [2.75, 3.05) is 6.61 Å². The number of ether oxygens (including phenoxy) is 1. The zero-order valence-corrected chi connectivity index (χ0v) is 11.6. The lowest BCUT2D eigenvalue weighted by Crippen LogP contribution is -2.18. The number of ketones is 1. The number of hydrogen-bond acceptors (Lipinski definition) is 3. The van der Waals surface area contributed by atoms with Crippen molar-refractivity contribution < 1.29 is 9.53 Å². The topological polar surface area (TPSA) is 44.1 Å². The van der Waals surface area contributed by atoms with Gasteiger partial charge in [0.05, 0.1) is 12.3 Å². The number of hydrogen-bond donors (Lipinski definition) is 0. The van der Waals surface area contributed by atoms with E-state index in [1.54, 1.807) is 6.20 Å². The van der Waals surface area contributed by atoms with Gasteiger partial charge in [-0.3, -0.25) is 4.79 Å². The van der Waals surface area contributed by atoms with Crippen LogP contribution in [0.1, 0.15) is 30.7 Å². The van der Waals surface area contributed by atoms with Gasteiger partial charge in [0.25, 0.3) is 0 Å². The zero-order valence-electron chi connectivity index (χ0n) is 11.6. The zero-order chi connectivity index (χ0) is 13.9. The first-order valence-electron chi connectivity index (χ1n) is 7.04. The van der Waals surface area contributed by atoms with Crippen LogP contribution in [0.2, 0.25) is 0 Å². The second kappa shape index (κ2) is 5.49. The Balaban J connectivity index is 1.76. The van der Waals surface area contributed by atoms with Crippen molar-refractivity contribution in [1.29, 1.82) is 0 Å². The molecule has 4 nitrogen and oxygen atoms in total. The van der Waals surface area contributed by atoms with Crippen LogP contribution in [-0.4, -0.2) is 21.9 Å². The molecule has 1 aromatic heterocycles. The number of carbonyl (C=O) groups is 1. The van der Waals surface area contributed by atoms with Gasteiger partial charge in [-0.25, -0.2) is 4.98 Å². The van der Waals surface area contributed by atoms with E-state index in [9.17, 15) is 4.79 Å². The molecule has 0 amide bonds. The van der Waals surface area contributed by atoms with E-state index >= 15 is 0 Å². The average molecular weight is 270 g/mol. The number of aryl methyl sites for hydroxylation is 1. The number of imidazole rings is 1. The molecule has 1 aromatic carbocycles. The van der Waals surface area contributed by atoms with Gasteiger partial charge in [-0.1, -0.05) is 25.1 Å². The number of rotatable bonds is 5. The van der Waals surface area contributed by atoms with Gasteiger partial charge in [0.15, 0.2) is 5.78 Å². The van der Waals surface area contributed by atoms with Crippen LogP contribution in [0.5, 0.6) is 5.75 Å². The Morgan fingerprint density at radius 2 is 2.30 bits per heavy atom. The smallest absolute Gasteiger partial charge is 0.151 e. The number of aromatic nitrogens is 2. The maximum Gasteiger partial charge on any atom is 0.151 e. The van der Waals surface area contributed by atoms with E-state index in [4.69, 9.17) is 4.74 Å². The maximum absolute atomic E-state index is 12.5. The molecule has 4 heteroatoms. The number of Topliss-reactive ketones (excluding diaryl/α,β-unsaturated/α-hetero) is 1. The summed E-state index contributed by atoms with van der Waals surface area (Å²) in [5.41, 5.74) is 1.01. The summed E-state index contributed by atoms with van der Waals surface area (Å²) in [5, 5.41) is 0. The summed E-state index contributed by atoms with van der Waals surface area (Å²) in [6.07, 6.45) is 5.10. The molecule has 0 saturated heterocycles. The van der Waals surface area contributed by atoms with Gasteiger partial charge in [-0.2, -0.15) is 0 Å². The lowest BCUT2D eigenvalue weighted by molar-refractivity contribution is -0.120. The molecule has 0 aliphatic carbocycles. The van der Waals surface area contributed by atoms with Crippen LogP contribution < -0.4 is 4.74 Å². The van der Waals surface area contributed by atoms with Crippen molar-refractivity contribution >= 4 is 5.78 Å². The summed E-state index contributed by atoms with van der Waals surface area (Å²) in [5.74, 6) is 1.71. The van der Waals surface area contributed by atoms with Gasteiger partial charge in [0.2, 0.25) is 0 Å². The minimum Gasteiger partial charge on any atom is -0.492 e. The van der Waals surface area contributed by atoms with Crippen LogP contribution in [0.4, 0.5) is 0 Å². The molecular formula is C16H18N2O2. The highest BCUT2D eigenvalue weighted by molar-refractivity contribution is 5.88. The van der Waals surface area contributed by atoms with Crippen LogP contribution >= 0.6 is 0 Å². The number of para-hydroxylation sites is 1. The first kappa shape index (κ1) is 12.9. The Morgan fingerprint density at radius 3 is 3.15 bits per heavy atom. The van der Waals surface area contributed by atoms with E-state index in [-0.39, 0.29) is 11.7 Å². The van der Waals surface area contributed by atoms with Crippen molar-refractivity contribution in [3.05, 3.63) is 48.0 Å². The summed E-state index contributed by atoms with van der Waals surface area (Å²) in [7, 11) is 0. The molecule has 0 fully saturated rings. The van der Waals surface area contributed by atoms with Gasteiger partial charge in [-0.15, -0.1) is 0 Å². The second-order valence-corrected chi connectivity index (χ2v) is 5.08. The van der Waals surface area contributed by atoms with Crippen molar-refractivity contribution in [2.45, 2.75) is 32.2 Å². The van der Waals surface area contributed by atoms with Crippen LogP contribution in [-0.2, 0) is 17.8 Å². The van der Waals surface area contributed by atoms with Gasteiger partial charge in [0.1, 0.15) is 18.2 Å². The SMILES string of the molecule is CCCn1ccnc1CC(=O)C1COc2ccccc21. The molecular weight excluding hydrogens is 252 g/mol. The van der Waals surface area contributed by atoms with Crippen LogP contribution in [0.15, 0.2) is 36.7 Å². The molecule has 104 valence electrons. The highest BCUT2D eigenvalue weighted by Gasteiger charge is 2.30. The summed E-state index contributed by atoms with van der Waals surface area (Å²) >= 11 is 0. The third-order valence-electron chi connectivity index (χ3n) is 3.69. The van der Waals surface area contributed by atoms with Crippen LogP contribution in [0.25, 0.3) is 0 Å². The molecule has 1 aliphatic heterocycles. The predicted octanol–water partition coefficient (Wildman–Crippen LogP) is 2.58. The molecule has 20 heavy (non-hydrogen) atoms. The van der Waals surface area contributed by atoms with Gasteiger partial charge < -0.3 is 9.30 Å². The van der Waals surface area contributed by atoms with Crippen molar-refractivity contribution in [3.8, 4) is 5.75 Å². The lowest BCUT2D eigenvalue weighted by Gasteiger charge is -2.09. The molecule has 0 bridgehead atoms. The van der Waals surface area contributed by atoms with E-state index in [2.05, 4.69) is 16.5 Å². The van der Waals surface area contributed by atoms with Gasteiger partial charge in [-0.05, 0) is 12.5 Å².